The molecule has 144 valence electrons. The quantitative estimate of drug-likeness (QED) is 0.866. The number of para-hydroxylation sites is 2. The van der Waals surface area contributed by atoms with Crippen LogP contribution < -0.4 is 19.1 Å². The summed E-state index contributed by atoms with van der Waals surface area (Å²) in [5, 5.41) is 0. The van der Waals surface area contributed by atoms with Gasteiger partial charge in [0, 0.05) is 19.1 Å². The van der Waals surface area contributed by atoms with E-state index in [0.717, 1.165) is 6.42 Å². The second kappa shape index (κ2) is 7.36. The van der Waals surface area contributed by atoms with Gasteiger partial charge in [-0.1, -0.05) is 18.2 Å². The molecule has 2 aliphatic heterocycles. The number of hydrogen-bond donors (Lipinski definition) is 1. The molecular formula is C19H21FN2O4S. The summed E-state index contributed by atoms with van der Waals surface area (Å²) in [6.45, 7) is 1.80. The Hall–Kier alpha value is -2.32. The molecule has 0 bridgehead atoms. The number of hydrogen-bond acceptors (Lipinski definition) is 5. The van der Waals surface area contributed by atoms with E-state index in [0.29, 0.717) is 44.2 Å². The highest BCUT2D eigenvalue weighted by atomic mass is 32.2. The third-order valence-corrected chi connectivity index (χ3v) is 6.30. The molecule has 0 radical (unpaired) electrons. The fraction of sp³-hybridized carbons (Fsp3) is 0.368. The van der Waals surface area contributed by atoms with Gasteiger partial charge in [-0.05, 0) is 37.1 Å². The Morgan fingerprint density at radius 3 is 2.74 bits per heavy atom. The lowest BCUT2D eigenvalue weighted by atomic mass is 10.1. The molecule has 4 rings (SSSR count). The Kier molecular flexibility index (Phi) is 4.92. The molecule has 1 fully saturated rings. The molecule has 0 saturated carbocycles. The highest BCUT2D eigenvalue weighted by molar-refractivity contribution is 7.89. The lowest BCUT2D eigenvalue weighted by molar-refractivity contribution is 0.167. The molecule has 1 N–H and O–H groups in total. The molecule has 1 atom stereocenters. The largest absolute Gasteiger partial charge is 0.486 e. The van der Waals surface area contributed by atoms with Gasteiger partial charge in [0.2, 0.25) is 10.0 Å². The van der Waals surface area contributed by atoms with Crippen molar-refractivity contribution >= 4 is 15.7 Å². The minimum atomic E-state index is -3.79. The van der Waals surface area contributed by atoms with Crippen molar-refractivity contribution in [3.63, 3.8) is 0 Å². The summed E-state index contributed by atoms with van der Waals surface area (Å²) in [7, 11) is -3.79. The number of ether oxygens (including phenoxy) is 2. The van der Waals surface area contributed by atoms with Crippen LogP contribution in [0, 0.1) is 5.82 Å². The summed E-state index contributed by atoms with van der Waals surface area (Å²) in [6.07, 6.45) is 1.46. The summed E-state index contributed by atoms with van der Waals surface area (Å²) >= 11 is 0. The van der Waals surface area contributed by atoms with Crippen molar-refractivity contribution < 1.29 is 22.3 Å². The lowest BCUT2D eigenvalue weighted by Gasteiger charge is -2.35. The number of halogens is 1. The second-order valence-electron chi connectivity index (χ2n) is 6.64. The maximum Gasteiger partial charge on any atom is 0.244 e. The minimum absolute atomic E-state index is 0.0720. The Bertz CT molecular complexity index is 935. The number of fused-ring (bicyclic) bond motifs is 1. The van der Waals surface area contributed by atoms with Gasteiger partial charge in [-0.15, -0.1) is 0 Å². The van der Waals surface area contributed by atoms with E-state index in [9.17, 15) is 12.8 Å². The first-order valence-electron chi connectivity index (χ1n) is 8.95. The van der Waals surface area contributed by atoms with Crippen molar-refractivity contribution in [1.82, 2.24) is 4.72 Å². The molecule has 27 heavy (non-hydrogen) atoms. The van der Waals surface area contributed by atoms with E-state index in [-0.39, 0.29) is 22.5 Å². The number of sulfonamides is 1. The number of benzene rings is 2. The van der Waals surface area contributed by atoms with Crippen molar-refractivity contribution in [2.75, 3.05) is 31.2 Å². The van der Waals surface area contributed by atoms with Crippen LogP contribution in [0.5, 0.6) is 11.5 Å². The van der Waals surface area contributed by atoms with E-state index in [1.165, 1.54) is 12.1 Å². The Morgan fingerprint density at radius 1 is 1.07 bits per heavy atom. The van der Waals surface area contributed by atoms with Gasteiger partial charge < -0.3 is 14.4 Å². The monoisotopic (exact) mass is 392 g/mol. The fourth-order valence-electron chi connectivity index (χ4n) is 3.54. The molecule has 2 aliphatic rings. The maximum absolute atomic E-state index is 14.1. The Morgan fingerprint density at radius 2 is 1.89 bits per heavy atom. The molecule has 0 spiro atoms. The molecule has 8 heteroatoms. The lowest BCUT2D eigenvalue weighted by Crippen LogP contribution is -2.48. The zero-order valence-electron chi connectivity index (χ0n) is 14.7. The van der Waals surface area contributed by atoms with E-state index in [1.807, 2.05) is 4.90 Å². The van der Waals surface area contributed by atoms with Gasteiger partial charge in [-0.3, -0.25) is 0 Å². The molecular weight excluding hydrogens is 371 g/mol. The normalized spacial score (nSPS) is 19.7. The molecule has 0 unspecified atom stereocenters. The van der Waals surface area contributed by atoms with Crippen LogP contribution in [0.4, 0.5) is 10.1 Å². The van der Waals surface area contributed by atoms with Crippen molar-refractivity contribution in [2.45, 2.75) is 23.8 Å². The summed E-state index contributed by atoms with van der Waals surface area (Å²) in [6, 6.07) is 11.1. The van der Waals surface area contributed by atoms with Crippen molar-refractivity contribution in [2.24, 2.45) is 0 Å². The zero-order chi connectivity index (χ0) is 18.9. The number of nitrogens with zero attached hydrogens (tertiary/aromatic N) is 1. The standard InChI is InChI=1S/C19H21FN2O4S/c20-15-6-1-2-7-16(15)22-10-4-5-14(13-22)21-27(23,24)18-9-3-8-17-19(18)26-12-11-25-17/h1-3,6-9,14,21H,4-5,10-13H2/t14-/m0/s1. The van der Waals surface area contributed by atoms with Crippen LogP contribution in [0.2, 0.25) is 0 Å². The number of nitrogens with one attached hydrogen (secondary N) is 1. The average molecular weight is 392 g/mol. The second-order valence-corrected chi connectivity index (χ2v) is 8.32. The Balaban J connectivity index is 1.54. The van der Waals surface area contributed by atoms with E-state index in [4.69, 9.17) is 9.47 Å². The molecule has 6 nitrogen and oxygen atoms in total. The van der Waals surface area contributed by atoms with E-state index in [2.05, 4.69) is 4.72 Å². The SMILES string of the molecule is O=S(=O)(N[C@H]1CCCN(c2ccccc2F)C1)c1cccc2c1OCCO2. The van der Waals surface area contributed by atoms with Crippen LogP contribution >= 0.6 is 0 Å². The van der Waals surface area contributed by atoms with Gasteiger partial charge in [-0.25, -0.2) is 17.5 Å². The van der Waals surface area contributed by atoms with Gasteiger partial charge in [0.1, 0.15) is 23.9 Å². The summed E-state index contributed by atoms with van der Waals surface area (Å²) < 4.78 is 53.7. The first kappa shape index (κ1) is 18.1. The predicted molar refractivity (Wildman–Crippen MR) is 99.4 cm³/mol. The van der Waals surface area contributed by atoms with Crippen LogP contribution in [-0.2, 0) is 10.0 Å². The molecule has 0 aliphatic carbocycles. The number of anilines is 1. The van der Waals surface area contributed by atoms with Crippen LogP contribution in [0.15, 0.2) is 47.4 Å². The summed E-state index contributed by atoms with van der Waals surface area (Å²) in [5.74, 6) is 0.377. The van der Waals surface area contributed by atoms with E-state index >= 15 is 0 Å². The molecule has 2 heterocycles. The smallest absolute Gasteiger partial charge is 0.244 e. The van der Waals surface area contributed by atoms with Crippen molar-refractivity contribution in [3.05, 3.63) is 48.3 Å². The van der Waals surface area contributed by atoms with Gasteiger partial charge in [0.15, 0.2) is 11.5 Å². The van der Waals surface area contributed by atoms with Crippen molar-refractivity contribution in [1.29, 1.82) is 0 Å². The minimum Gasteiger partial charge on any atom is -0.486 e. The average Bonchev–Trinajstić information content (AvgIpc) is 2.68. The fourth-order valence-corrected chi connectivity index (χ4v) is 4.96. The van der Waals surface area contributed by atoms with Gasteiger partial charge in [0.05, 0.1) is 5.69 Å². The maximum atomic E-state index is 14.1. The highest BCUT2D eigenvalue weighted by Gasteiger charge is 2.30. The summed E-state index contributed by atoms with van der Waals surface area (Å²) in [5.41, 5.74) is 0.496. The third-order valence-electron chi connectivity index (χ3n) is 4.76. The number of rotatable bonds is 4. The first-order chi connectivity index (χ1) is 13.0. The first-order valence-corrected chi connectivity index (χ1v) is 10.4. The molecule has 2 aromatic carbocycles. The van der Waals surface area contributed by atoms with E-state index in [1.54, 1.807) is 30.3 Å². The molecule has 2 aromatic rings. The van der Waals surface area contributed by atoms with Gasteiger partial charge >= 0.3 is 0 Å². The Labute approximate surface area is 157 Å². The molecule has 1 saturated heterocycles. The van der Waals surface area contributed by atoms with Crippen molar-refractivity contribution in [3.8, 4) is 11.5 Å². The van der Waals surface area contributed by atoms with Gasteiger partial charge in [-0.2, -0.15) is 0 Å². The van der Waals surface area contributed by atoms with Gasteiger partial charge in [0.25, 0.3) is 0 Å². The molecule has 0 aromatic heterocycles. The van der Waals surface area contributed by atoms with Crippen LogP contribution in [0.1, 0.15) is 12.8 Å². The van der Waals surface area contributed by atoms with Crippen LogP contribution in [0.25, 0.3) is 0 Å². The van der Waals surface area contributed by atoms with Crippen LogP contribution in [-0.4, -0.2) is 40.8 Å². The summed E-state index contributed by atoms with van der Waals surface area (Å²) in [4.78, 5) is 1.95. The number of piperidine rings is 1. The van der Waals surface area contributed by atoms with E-state index < -0.39 is 10.0 Å². The third kappa shape index (κ3) is 3.72. The zero-order valence-corrected chi connectivity index (χ0v) is 15.5. The highest BCUT2D eigenvalue weighted by Crippen LogP contribution is 2.36. The van der Waals surface area contributed by atoms with Crippen LogP contribution in [0.3, 0.4) is 0 Å². The predicted octanol–water partition coefficient (Wildman–Crippen LogP) is 2.54. The molecule has 0 amide bonds. The topological polar surface area (TPSA) is 67.9 Å².